The first kappa shape index (κ1) is 19.8. The van der Waals surface area contributed by atoms with Gasteiger partial charge in [-0.2, -0.15) is 18.3 Å². The summed E-state index contributed by atoms with van der Waals surface area (Å²) in [7, 11) is 0. The number of benzene rings is 1. The molecule has 142 valence electrons. The number of halogens is 3. The second kappa shape index (κ2) is 9.26. The van der Waals surface area contributed by atoms with Crippen molar-refractivity contribution >= 4 is 5.96 Å². The van der Waals surface area contributed by atoms with Crippen molar-refractivity contribution in [3.05, 3.63) is 53.9 Å². The first-order valence-corrected chi connectivity index (χ1v) is 8.54. The summed E-state index contributed by atoms with van der Waals surface area (Å²) in [6.07, 6.45) is -0.654. The van der Waals surface area contributed by atoms with Gasteiger partial charge in [0.05, 0.1) is 12.1 Å². The fraction of sp³-hybridized carbons (Fsp3) is 0.444. The van der Waals surface area contributed by atoms with Gasteiger partial charge in [-0.05, 0) is 36.6 Å². The number of nitrogens with one attached hydrogen (secondary N) is 2. The summed E-state index contributed by atoms with van der Waals surface area (Å²) >= 11 is 0. The molecule has 5 nitrogen and oxygen atoms in total. The Bertz CT molecular complexity index is 678. The van der Waals surface area contributed by atoms with Gasteiger partial charge in [-0.3, -0.25) is 4.68 Å². The molecule has 0 radical (unpaired) electrons. The lowest BCUT2D eigenvalue weighted by Crippen LogP contribution is -2.40. The molecule has 0 aliphatic carbocycles. The van der Waals surface area contributed by atoms with Crippen LogP contribution in [-0.4, -0.2) is 28.8 Å². The number of guanidine groups is 1. The highest BCUT2D eigenvalue weighted by Gasteiger charge is 2.29. The van der Waals surface area contributed by atoms with E-state index in [0.29, 0.717) is 31.5 Å². The van der Waals surface area contributed by atoms with Crippen LogP contribution in [0.25, 0.3) is 0 Å². The Morgan fingerprint density at radius 2 is 1.96 bits per heavy atom. The predicted octanol–water partition coefficient (Wildman–Crippen LogP) is 3.29. The van der Waals surface area contributed by atoms with Crippen molar-refractivity contribution in [2.24, 2.45) is 10.9 Å². The minimum Gasteiger partial charge on any atom is -0.357 e. The van der Waals surface area contributed by atoms with Crippen LogP contribution in [0.5, 0.6) is 0 Å². The molecular formula is C18H24F3N5. The van der Waals surface area contributed by atoms with E-state index in [-0.39, 0.29) is 0 Å². The van der Waals surface area contributed by atoms with Crippen LogP contribution in [0.15, 0.2) is 47.7 Å². The molecule has 1 heterocycles. The van der Waals surface area contributed by atoms with E-state index in [9.17, 15) is 13.2 Å². The molecule has 2 aromatic rings. The topological polar surface area (TPSA) is 54.2 Å². The van der Waals surface area contributed by atoms with Crippen molar-refractivity contribution in [3.63, 3.8) is 0 Å². The van der Waals surface area contributed by atoms with Gasteiger partial charge in [0.2, 0.25) is 0 Å². The van der Waals surface area contributed by atoms with Crippen LogP contribution in [0, 0.1) is 5.92 Å². The van der Waals surface area contributed by atoms with Gasteiger partial charge in [-0.15, -0.1) is 0 Å². The van der Waals surface area contributed by atoms with Gasteiger partial charge in [0.1, 0.15) is 0 Å². The Kier molecular flexibility index (Phi) is 7.06. The number of aliphatic imine (C=N–C) groups is 1. The molecule has 0 aliphatic rings. The molecule has 0 spiro atoms. The lowest BCUT2D eigenvalue weighted by atomic mass is 10.1. The average molecular weight is 367 g/mol. The van der Waals surface area contributed by atoms with Crippen LogP contribution in [0.1, 0.15) is 25.0 Å². The highest BCUT2D eigenvalue weighted by atomic mass is 19.4. The minimum atomic E-state index is -4.32. The highest BCUT2D eigenvalue weighted by Crippen LogP contribution is 2.29. The Labute approximate surface area is 151 Å². The molecule has 0 saturated carbocycles. The van der Waals surface area contributed by atoms with Crippen LogP contribution in [0.3, 0.4) is 0 Å². The maximum Gasteiger partial charge on any atom is 0.416 e. The van der Waals surface area contributed by atoms with Crippen molar-refractivity contribution < 1.29 is 13.2 Å². The SMILES string of the molecule is CCNC(=NCc1ccc(C(F)(F)F)cc1)NCC(C)Cn1cccn1. The Hall–Kier alpha value is -2.51. The molecule has 1 unspecified atom stereocenters. The molecule has 2 rings (SSSR count). The summed E-state index contributed by atoms with van der Waals surface area (Å²) in [5, 5.41) is 10.6. The van der Waals surface area contributed by atoms with Crippen molar-refractivity contribution in [2.45, 2.75) is 33.1 Å². The Morgan fingerprint density at radius 3 is 2.54 bits per heavy atom. The van der Waals surface area contributed by atoms with Gasteiger partial charge in [0, 0.05) is 32.0 Å². The number of hydrogen-bond acceptors (Lipinski definition) is 2. The summed E-state index contributed by atoms with van der Waals surface area (Å²) in [4.78, 5) is 4.44. The third kappa shape index (κ3) is 6.42. The zero-order valence-electron chi connectivity index (χ0n) is 14.9. The quantitative estimate of drug-likeness (QED) is 0.583. The zero-order chi connectivity index (χ0) is 19.0. The van der Waals surface area contributed by atoms with E-state index >= 15 is 0 Å². The Balaban J connectivity index is 1.89. The van der Waals surface area contributed by atoms with Crippen LogP contribution < -0.4 is 10.6 Å². The standard InChI is InChI=1S/C18H24F3N5/c1-3-22-17(23-11-14(2)13-26-10-4-9-25-26)24-12-15-5-7-16(8-6-15)18(19,20)21/h4-10,14H,3,11-13H2,1-2H3,(H2,22,23,24). The molecular weight excluding hydrogens is 343 g/mol. The molecule has 0 amide bonds. The fourth-order valence-corrected chi connectivity index (χ4v) is 2.37. The van der Waals surface area contributed by atoms with Gasteiger partial charge >= 0.3 is 6.18 Å². The number of alkyl halides is 3. The van der Waals surface area contributed by atoms with Crippen LogP contribution in [0.2, 0.25) is 0 Å². The smallest absolute Gasteiger partial charge is 0.357 e. The number of rotatable bonds is 7. The van der Waals surface area contributed by atoms with E-state index in [1.54, 1.807) is 6.20 Å². The van der Waals surface area contributed by atoms with Gasteiger partial charge in [-0.25, -0.2) is 4.99 Å². The highest BCUT2D eigenvalue weighted by molar-refractivity contribution is 5.79. The van der Waals surface area contributed by atoms with Gasteiger partial charge in [-0.1, -0.05) is 19.1 Å². The third-order valence-electron chi connectivity index (χ3n) is 3.72. The van der Waals surface area contributed by atoms with Gasteiger partial charge < -0.3 is 10.6 Å². The monoisotopic (exact) mass is 367 g/mol. The largest absolute Gasteiger partial charge is 0.416 e. The molecule has 2 N–H and O–H groups in total. The first-order valence-electron chi connectivity index (χ1n) is 8.54. The summed E-state index contributed by atoms with van der Waals surface area (Å²) in [5.41, 5.74) is 0.0718. The maximum atomic E-state index is 12.6. The summed E-state index contributed by atoms with van der Waals surface area (Å²) < 4.78 is 39.6. The van der Waals surface area contributed by atoms with Crippen molar-refractivity contribution in [2.75, 3.05) is 13.1 Å². The number of hydrogen-bond donors (Lipinski definition) is 2. The van der Waals surface area contributed by atoms with Crippen molar-refractivity contribution in [3.8, 4) is 0 Å². The molecule has 1 atom stereocenters. The zero-order valence-corrected chi connectivity index (χ0v) is 14.9. The van der Waals surface area contributed by atoms with Crippen molar-refractivity contribution in [1.29, 1.82) is 0 Å². The fourth-order valence-electron chi connectivity index (χ4n) is 2.37. The van der Waals surface area contributed by atoms with Crippen molar-refractivity contribution in [1.82, 2.24) is 20.4 Å². The summed E-state index contributed by atoms with van der Waals surface area (Å²) in [6.45, 7) is 6.57. The van der Waals surface area contributed by atoms with Gasteiger partial charge in [0.25, 0.3) is 0 Å². The van der Waals surface area contributed by atoms with E-state index in [4.69, 9.17) is 0 Å². The molecule has 0 aliphatic heterocycles. The minimum absolute atomic E-state index is 0.307. The predicted molar refractivity (Wildman–Crippen MR) is 95.7 cm³/mol. The Morgan fingerprint density at radius 1 is 1.23 bits per heavy atom. The van der Waals surface area contributed by atoms with E-state index < -0.39 is 11.7 Å². The first-order chi connectivity index (χ1) is 12.4. The van der Waals surface area contributed by atoms with E-state index in [2.05, 4.69) is 27.6 Å². The third-order valence-corrected chi connectivity index (χ3v) is 3.72. The van der Waals surface area contributed by atoms with Crippen LogP contribution >= 0.6 is 0 Å². The van der Waals surface area contributed by atoms with E-state index in [1.807, 2.05) is 23.9 Å². The van der Waals surface area contributed by atoms with Gasteiger partial charge in [0.15, 0.2) is 5.96 Å². The number of nitrogens with zero attached hydrogens (tertiary/aromatic N) is 3. The number of aromatic nitrogens is 2. The molecule has 0 fully saturated rings. The normalized spacial score (nSPS) is 13.5. The average Bonchev–Trinajstić information content (AvgIpc) is 3.10. The molecule has 0 bridgehead atoms. The summed E-state index contributed by atoms with van der Waals surface area (Å²) in [6, 6.07) is 6.96. The van der Waals surface area contributed by atoms with E-state index in [1.165, 1.54) is 12.1 Å². The molecule has 1 aromatic carbocycles. The van der Waals surface area contributed by atoms with E-state index in [0.717, 1.165) is 24.2 Å². The second-order valence-corrected chi connectivity index (χ2v) is 6.10. The van der Waals surface area contributed by atoms with Crippen LogP contribution in [-0.2, 0) is 19.3 Å². The van der Waals surface area contributed by atoms with Crippen LogP contribution in [0.4, 0.5) is 13.2 Å². The molecule has 1 aromatic heterocycles. The molecule has 8 heteroatoms. The lowest BCUT2D eigenvalue weighted by molar-refractivity contribution is -0.137. The second-order valence-electron chi connectivity index (χ2n) is 6.10. The lowest BCUT2D eigenvalue weighted by Gasteiger charge is -2.16. The molecule has 0 saturated heterocycles. The summed E-state index contributed by atoms with van der Waals surface area (Å²) in [5.74, 6) is 0.976. The molecule has 26 heavy (non-hydrogen) atoms. The maximum absolute atomic E-state index is 12.6.